The molecule has 0 radical (unpaired) electrons. The Bertz CT molecular complexity index is 569. The number of aromatic hydroxyl groups is 3. The van der Waals surface area contributed by atoms with Gasteiger partial charge >= 0.3 is 5.97 Å². The summed E-state index contributed by atoms with van der Waals surface area (Å²) >= 11 is 0. The molecule has 0 aliphatic carbocycles. The molecule has 0 amide bonds. The van der Waals surface area contributed by atoms with Gasteiger partial charge in [-0.25, -0.2) is 9.48 Å². The number of hydrogen-bond donors (Lipinski definition) is 4. The molecule has 88 valence electrons. The quantitative estimate of drug-likeness (QED) is 0.544. The lowest BCUT2D eigenvalue weighted by Crippen LogP contribution is -1.96. The lowest BCUT2D eigenvalue weighted by Gasteiger charge is -2.04. The zero-order chi connectivity index (χ0) is 12.6. The van der Waals surface area contributed by atoms with Crippen molar-refractivity contribution in [3.05, 3.63) is 24.0 Å². The third kappa shape index (κ3) is 1.83. The zero-order valence-corrected chi connectivity index (χ0v) is 8.27. The molecule has 0 aliphatic heterocycles. The van der Waals surface area contributed by atoms with Crippen LogP contribution in [0.3, 0.4) is 0 Å². The fourth-order valence-electron chi connectivity index (χ4n) is 1.21. The van der Waals surface area contributed by atoms with E-state index in [0.29, 0.717) is 0 Å². The van der Waals surface area contributed by atoms with E-state index in [2.05, 4.69) is 10.3 Å². The summed E-state index contributed by atoms with van der Waals surface area (Å²) in [6, 6.07) is 2.21. The molecule has 8 heteroatoms. The summed E-state index contributed by atoms with van der Waals surface area (Å²) in [7, 11) is 0. The van der Waals surface area contributed by atoms with E-state index in [-0.39, 0.29) is 11.4 Å². The van der Waals surface area contributed by atoms with Crippen LogP contribution >= 0.6 is 0 Å². The van der Waals surface area contributed by atoms with Crippen LogP contribution in [0.15, 0.2) is 18.3 Å². The first kappa shape index (κ1) is 10.7. The van der Waals surface area contributed by atoms with Crippen molar-refractivity contribution in [3.63, 3.8) is 0 Å². The largest absolute Gasteiger partial charge is 0.504 e. The van der Waals surface area contributed by atoms with Crippen LogP contribution in [0.25, 0.3) is 5.69 Å². The number of nitrogens with zero attached hydrogens (tertiary/aromatic N) is 3. The van der Waals surface area contributed by atoms with Gasteiger partial charge < -0.3 is 20.4 Å². The van der Waals surface area contributed by atoms with E-state index in [1.54, 1.807) is 0 Å². The van der Waals surface area contributed by atoms with Crippen molar-refractivity contribution in [1.29, 1.82) is 0 Å². The molecule has 0 aliphatic rings. The number of phenols is 3. The molecule has 0 fully saturated rings. The number of carboxylic acid groups (broad SMARTS) is 1. The standard InChI is InChI=1S/C9H7N3O5/c13-6-1-4(2-7(14)8(6)15)12-3-5(9(16)17)10-11-12/h1-3,13-15H,(H,16,17). The highest BCUT2D eigenvalue weighted by Gasteiger charge is 2.13. The van der Waals surface area contributed by atoms with Crippen LogP contribution in [-0.2, 0) is 0 Å². The van der Waals surface area contributed by atoms with Crippen molar-refractivity contribution in [3.8, 4) is 22.9 Å². The van der Waals surface area contributed by atoms with E-state index in [1.165, 1.54) is 0 Å². The second kappa shape index (κ2) is 3.67. The first-order valence-corrected chi connectivity index (χ1v) is 4.40. The normalized spacial score (nSPS) is 10.4. The fourth-order valence-corrected chi connectivity index (χ4v) is 1.21. The van der Waals surface area contributed by atoms with Crippen molar-refractivity contribution in [2.24, 2.45) is 0 Å². The first-order valence-electron chi connectivity index (χ1n) is 4.40. The molecule has 0 saturated heterocycles. The number of carbonyl (C=O) groups is 1. The SMILES string of the molecule is O=C(O)c1cn(-c2cc(O)c(O)c(O)c2)nn1. The van der Waals surface area contributed by atoms with Crippen LogP contribution in [0.5, 0.6) is 17.2 Å². The maximum absolute atomic E-state index is 10.6. The van der Waals surface area contributed by atoms with Gasteiger partial charge in [-0.3, -0.25) is 0 Å². The van der Waals surface area contributed by atoms with Gasteiger partial charge in [-0.05, 0) is 0 Å². The Morgan fingerprint density at radius 1 is 1.18 bits per heavy atom. The van der Waals surface area contributed by atoms with Gasteiger partial charge in [0, 0.05) is 12.1 Å². The van der Waals surface area contributed by atoms with Gasteiger partial charge in [-0.15, -0.1) is 5.10 Å². The molecule has 1 aromatic heterocycles. The molecule has 2 aromatic rings. The summed E-state index contributed by atoms with van der Waals surface area (Å²) in [5, 5.41) is 43.2. The minimum Gasteiger partial charge on any atom is -0.504 e. The molecule has 4 N–H and O–H groups in total. The number of aromatic carboxylic acids is 1. The first-order chi connectivity index (χ1) is 7.99. The predicted molar refractivity (Wildman–Crippen MR) is 53.3 cm³/mol. The van der Waals surface area contributed by atoms with Crippen LogP contribution in [0, 0.1) is 0 Å². The van der Waals surface area contributed by atoms with Gasteiger partial charge in [0.25, 0.3) is 0 Å². The smallest absolute Gasteiger partial charge is 0.358 e. The third-order valence-electron chi connectivity index (χ3n) is 2.03. The molecule has 1 heterocycles. The highest BCUT2D eigenvalue weighted by molar-refractivity contribution is 5.84. The Kier molecular flexibility index (Phi) is 2.32. The maximum Gasteiger partial charge on any atom is 0.358 e. The Labute approximate surface area is 94.0 Å². The minimum absolute atomic E-state index is 0.165. The average molecular weight is 237 g/mol. The highest BCUT2D eigenvalue weighted by atomic mass is 16.4. The highest BCUT2D eigenvalue weighted by Crippen LogP contribution is 2.36. The summed E-state index contributed by atoms with van der Waals surface area (Å²) in [5.74, 6) is -3.00. The molecular weight excluding hydrogens is 230 g/mol. The number of carboxylic acids is 1. The topological polar surface area (TPSA) is 129 Å². The van der Waals surface area contributed by atoms with Crippen molar-refractivity contribution >= 4 is 5.97 Å². The van der Waals surface area contributed by atoms with Gasteiger partial charge in [0.2, 0.25) is 0 Å². The third-order valence-corrected chi connectivity index (χ3v) is 2.03. The minimum atomic E-state index is -1.25. The molecule has 2 rings (SSSR count). The Morgan fingerprint density at radius 3 is 2.24 bits per heavy atom. The number of benzene rings is 1. The lowest BCUT2D eigenvalue weighted by atomic mass is 10.2. The van der Waals surface area contributed by atoms with Gasteiger partial charge in [0.15, 0.2) is 22.9 Å². The summed E-state index contributed by atoms with van der Waals surface area (Å²) in [6.45, 7) is 0. The molecule has 1 aromatic carbocycles. The Hall–Kier alpha value is -2.77. The van der Waals surface area contributed by atoms with Crippen molar-refractivity contribution < 1.29 is 25.2 Å². The summed E-state index contributed by atoms with van der Waals surface area (Å²) in [6.07, 6.45) is 1.10. The van der Waals surface area contributed by atoms with E-state index in [1.807, 2.05) is 0 Å². The molecule has 0 saturated carbocycles. The van der Waals surface area contributed by atoms with Gasteiger partial charge in [0.05, 0.1) is 11.9 Å². The molecular formula is C9H7N3O5. The van der Waals surface area contributed by atoms with E-state index in [9.17, 15) is 15.0 Å². The fraction of sp³-hybridized carbons (Fsp3) is 0. The van der Waals surface area contributed by atoms with Crippen LogP contribution in [0.2, 0.25) is 0 Å². The summed E-state index contributed by atoms with van der Waals surface area (Å²) in [4.78, 5) is 10.6. The summed E-state index contributed by atoms with van der Waals surface area (Å²) < 4.78 is 1.04. The predicted octanol–water partition coefficient (Wildman–Crippen LogP) is 0.0823. The van der Waals surface area contributed by atoms with Crippen molar-refractivity contribution in [2.45, 2.75) is 0 Å². The number of rotatable bonds is 2. The maximum atomic E-state index is 10.6. The number of aromatic nitrogens is 3. The van der Waals surface area contributed by atoms with E-state index < -0.39 is 23.2 Å². The van der Waals surface area contributed by atoms with Gasteiger partial charge in [-0.2, -0.15) is 0 Å². The Balaban J connectivity index is 2.49. The van der Waals surface area contributed by atoms with Gasteiger partial charge in [0.1, 0.15) is 0 Å². The average Bonchev–Trinajstić information content (AvgIpc) is 2.74. The van der Waals surface area contributed by atoms with Crippen LogP contribution in [-0.4, -0.2) is 41.4 Å². The van der Waals surface area contributed by atoms with Crippen LogP contribution in [0.4, 0.5) is 0 Å². The molecule has 0 bridgehead atoms. The van der Waals surface area contributed by atoms with E-state index >= 15 is 0 Å². The molecule has 17 heavy (non-hydrogen) atoms. The van der Waals surface area contributed by atoms with Crippen molar-refractivity contribution in [1.82, 2.24) is 15.0 Å². The Morgan fingerprint density at radius 2 is 1.76 bits per heavy atom. The number of phenolic OH excluding ortho intramolecular Hbond substituents is 3. The van der Waals surface area contributed by atoms with E-state index in [0.717, 1.165) is 23.0 Å². The van der Waals surface area contributed by atoms with Gasteiger partial charge in [-0.1, -0.05) is 5.21 Å². The monoisotopic (exact) mass is 237 g/mol. The second-order valence-corrected chi connectivity index (χ2v) is 3.19. The van der Waals surface area contributed by atoms with Crippen LogP contribution in [0.1, 0.15) is 10.5 Å². The molecule has 0 atom stereocenters. The molecule has 8 nitrogen and oxygen atoms in total. The number of hydrogen-bond acceptors (Lipinski definition) is 6. The van der Waals surface area contributed by atoms with Crippen molar-refractivity contribution in [2.75, 3.05) is 0 Å². The molecule has 0 spiro atoms. The zero-order valence-electron chi connectivity index (χ0n) is 8.27. The van der Waals surface area contributed by atoms with E-state index in [4.69, 9.17) is 10.2 Å². The van der Waals surface area contributed by atoms with Crippen LogP contribution < -0.4 is 0 Å². The lowest BCUT2D eigenvalue weighted by molar-refractivity contribution is 0.0690. The summed E-state index contributed by atoms with van der Waals surface area (Å²) in [5.41, 5.74) is -0.116. The second-order valence-electron chi connectivity index (χ2n) is 3.19. The molecule has 0 unspecified atom stereocenters.